The number of aryl methyl sites for hydroxylation is 2. The van der Waals surface area contributed by atoms with Crippen molar-refractivity contribution in [2.45, 2.75) is 13.8 Å². The predicted molar refractivity (Wildman–Crippen MR) is 132 cm³/mol. The van der Waals surface area contributed by atoms with Crippen LogP contribution in [0.3, 0.4) is 0 Å². The summed E-state index contributed by atoms with van der Waals surface area (Å²) in [4.78, 5) is 9.23. The van der Waals surface area contributed by atoms with Gasteiger partial charge in [-0.25, -0.2) is 9.97 Å². The van der Waals surface area contributed by atoms with Gasteiger partial charge in [-0.15, -0.1) is 0 Å². The molecular formula is C28H20N4. The lowest BCUT2D eigenvalue weighted by molar-refractivity contribution is 1.19. The number of rotatable bonds is 0. The van der Waals surface area contributed by atoms with Gasteiger partial charge in [0.05, 0.1) is 44.8 Å². The Morgan fingerprint density at radius 3 is 1.62 bits per heavy atom. The van der Waals surface area contributed by atoms with Crippen LogP contribution >= 0.6 is 0 Å². The largest absolute Gasteiger partial charge is 0.307 e. The van der Waals surface area contributed by atoms with E-state index in [1.807, 2.05) is 6.20 Å². The minimum Gasteiger partial charge on any atom is -0.307 e. The first kappa shape index (κ1) is 17.5. The summed E-state index contributed by atoms with van der Waals surface area (Å²) in [7, 11) is 0. The second-order valence-electron chi connectivity index (χ2n) is 8.43. The molecule has 4 heterocycles. The third kappa shape index (κ3) is 2.06. The molecule has 7 rings (SSSR count). The molecule has 0 aliphatic heterocycles. The maximum atomic E-state index is 4.79. The first-order valence-corrected chi connectivity index (χ1v) is 10.9. The van der Waals surface area contributed by atoms with Crippen LogP contribution in [-0.2, 0) is 0 Å². The number of benzene rings is 3. The summed E-state index contributed by atoms with van der Waals surface area (Å²) in [5.41, 5.74) is 10.4. The molecule has 0 saturated heterocycles. The predicted octanol–water partition coefficient (Wildman–Crippen LogP) is 6.77. The Kier molecular flexibility index (Phi) is 3.37. The van der Waals surface area contributed by atoms with Crippen molar-refractivity contribution in [3.05, 3.63) is 96.4 Å². The molecule has 0 radical (unpaired) electrons. The molecule has 0 unspecified atom stereocenters. The Morgan fingerprint density at radius 2 is 1.03 bits per heavy atom. The summed E-state index contributed by atoms with van der Waals surface area (Å²) >= 11 is 0. The van der Waals surface area contributed by atoms with E-state index in [2.05, 4.69) is 100 Å². The third-order valence-corrected chi connectivity index (χ3v) is 6.81. The Balaban J connectivity index is 2.04. The zero-order valence-corrected chi connectivity index (χ0v) is 17.9. The van der Waals surface area contributed by atoms with Crippen molar-refractivity contribution in [1.29, 1.82) is 0 Å². The normalized spacial score (nSPS) is 12.1. The molecule has 4 heteroatoms. The van der Waals surface area contributed by atoms with Gasteiger partial charge < -0.3 is 8.80 Å². The summed E-state index contributed by atoms with van der Waals surface area (Å²) in [5, 5.41) is 3.62. The standard InChI is InChI=1S/C28H20N4/c1-17-19-9-3-6-12-22(19)31-24-14-8-5-11-21(24)26-25(15-29-16-30-26)32-23-13-7-4-10-20(23)18(2)28(32)27(17)31/h3-16H,1-2H3. The van der Waals surface area contributed by atoms with Gasteiger partial charge in [-0.3, -0.25) is 0 Å². The lowest BCUT2D eigenvalue weighted by atomic mass is 10.1. The van der Waals surface area contributed by atoms with E-state index in [0.717, 1.165) is 21.9 Å². The van der Waals surface area contributed by atoms with Crippen LogP contribution in [0.15, 0.2) is 85.3 Å². The smallest absolute Gasteiger partial charge is 0.116 e. The molecule has 7 aromatic rings. The Labute approximate surface area is 184 Å². The molecule has 4 nitrogen and oxygen atoms in total. The highest BCUT2D eigenvalue weighted by Gasteiger charge is 2.19. The van der Waals surface area contributed by atoms with Crippen molar-refractivity contribution in [2.24, 2.45) is 0 Å². The van der Waals surface area contributed by atoms with Crippen molar-refractivity contribution in [3.63, 3.8) is 0 Å². The van der Waals surface area contributed by atoms with Crippen LogP contribution in [-0.4, -0.2) is 18.8 Å². The maximum absolute atomic E-state index is 4.79. The first-order valence-electron chi connectivity index (χ1n) is 10.9. The quantitative estimate of drug-likeness (QED) is 0.275. The van der Waals surface area contributed by atoms with Crippen molar-refractivity contribution >= 4 is 54.8 Å². The third-order valence-electron chi connectivity index (χ3n) is 6.81. The minimum absolute atomic E-state index is 0.943. The number of hydrogen-bond acceptors (Lipinski definition) is 2. The maximum Gasteiger partial charge on any atom is 0.116 e. The fourth-order valence-corrected chi connectivity index (χ4v) is 5.43. The Bertz CT molecular complexity index is 1760. The molecule has 0 amide bonds. The van der Waals surface area contributed by atoms with E-state index < -0.39 is 0 Å². The van der Waals surface area contributed by atoms with Crippen LogP contribution < -0.4 is 0 Å². The van der Waals surface area contributed by atoms with E-state index in [-0.39, 0.29) is 0 Å². The van der Waals surface area contributed by atoms with Crippen LogP contribution in [0.1, 0.15) is 11.1 Å². The molecule has 0 saturated carbocycles. The number of aromatic nitrogens is 4. The van der Waals surface area contributed by atoms with Gasteiger partial charge in [0, 0.05) is 16.2 Å². The summed E-state index contributed by atoms with van der Waals surface area (Å²) in [6, 6.07) is 25.9. The van der Waals surface area contributed by atoms with Gasteiger partial charge in [0.25, 0.3) is 0 Å². The van der Waals surface area contributed by atoms with Gasteiger partial charge in [0.15, 0.2) is 0 Å². The lowest BCUT2D eigenvalue weighted by Gasteiger charge is -2.09. The second-order valence-corrected chi connectivity index (χ2v) is 8.43. The van der Waals surface area contributed by atoms with Gasteiger partial charge in [0.2, 0.25) is 0 Å². The zero-order valence-electron chi connectivity index (χ0n) is 17.9. The molecule has 0 fully saturated rings. The summed E-state index contributed by atoms with van der Waals surface area (Å²) < 4.78 is 4.77. The van der Waals surface area contributed by atoms with E-state index in [4.69, 9.17) is 4.98 Å². The Morgan fingerprint density at radius 1 is 0.562 bits per heavy atom. The highest BCUT2D eigenvalue weighted by Crippen LogP contribution is 2.37. The van der Waals surface area contributed by atoms with Crippen LogP contribution in [0, 0.1) is 13.8 Å². The van der Waals surface area contributed by atoms with Gasteiger partial charge in [0.1, 0.15) is 6.33 Å². The molecule has 0 spiro atoms. The molecule has 0 N–H and O–H groups in total. The molecular weight excluding hydrogens is 392 g/mol. The van der Waals surface area contributed by atoms with E-state index in [1.165, 1.54) is 44.0 Å². The van der Waals surface area contributed by atoms with Crippen molar-refractivity contribution in [2.75, 3.05) is 0 Å². The SMILES string of the molecule is Cc1c2ccccc2n2c3ccccc3c3ncncc3n3c4ccccc4c(C)c3c12. The van der Waals surface area contributed by atoms with E-state index >= 15 is 0 Å². The van der Waals surface area contributed by atoms with E-state index in [1.54, 1.807) is 6.33 Å². The molecule has 4 aromatic heterocycles. The van der Waals surface area contributed by atoms with E-state index in [9.17, 15) is 0 Å². The van der Waals surface area contributed by atoms with Gasteiger partial charge >= 0.3 is 0 Å². The molecule has 0 aliphatic rings. The minimum atomic E-state index is 0.943. The van der Waals surface area contributed by atoms with Gasteiger partial charge in [-0.1, -0.05) is 54.6 Å². The average Bonchev–Trinajstić information content (AvgIpc) is 3.29. The number of hydrogen-bond donors (Lipinski definition) is 0. The molecule has 0 bridgehead atoms. The van der Waals surface area contributed by atoms with Crippen molar-refractivity contribution in [1.82, 2.24) is 18.8 Å². The number of nitrogens with zero attached hydrogens (tertiary/aromatic N) is 4. The fraction of sp³-hybridized carbons (Fsp3) is 0.0714. The van der Waals surface area contributed by atoms with Crippen LogP contribution in [0.25, 0.3) is 54.8 Å². The molecule has 32 heavy (non-hydrogen) atoms. The topological polar surface area (TPSA) is 34.6 Å². The fourth-order valence-electron chi connectivity index (χ4n) is 5.43. The Hall–Kier alpha value is -4.18. The van der Waals surface area contributed by atoms with Crippen LogP contribution in [0.2, 0.25) is 0 Å². The van der Waals surface area contributed by atoms with Crippen molar-refractivity contribution < 1.29 is 0 Å². The van der Waals surface area contributed by atoms with E-state index in [0.29, 0.717) is 0 Å². The lowest BCUT2D eigenvalue weighted by Crippen LogP contribution is -1.96. The summed E-state index contributed by atoms with van der Waals surface area (Å²) in [5.74, 6) is 0. The van der Waals surface area contributed by atoms with Gasteiger partial charge in [-0.2, -0.15) is 0 Å². The first-order chi connectivity index (χ1) is 15.8. The van der Waals surface area contributed by atoms with Crippen LogP contribution in [0.5, 0.6) is 0 Å². The highest BCUT2D eigenvalue weighted by atomic mass is 15.0. The molecule has 152 valence electrons. The second kappa shape index (κ2) is 6.17. The molecule has 3 aromatic carbocycles. The summed E-state index contributed by atoms with van der Waals surface area (Å²) in [6.07, 6.45) is 3.59. The van der Waals surface area contributed by atoms with Crippen LogP contribution in [0.4, 0.5) is 0 Å². The molecule has 0 atom stereocenters. The number of para-hydroxylation sites is 3. The highest BCUT2D eigenvalue weighted by molar-refractivity contribution is 6.11. The van der Waals surface area contributed by atoms with Gasteiger partial charge in [-0.05, 0) is 43.2 Å². The number of fused-ring (bicyclic) bond motifs is 12. The summed E-state index contributed by atoms with van der Waals surface area (Å²) in [6.45, 7) is 4.47. The van der Waals surface area contributed by atoms with Crippen molar-refractivity contribution in [3.8, 4) is 0 Å². The zero-order chi connectivity index (χ0) is 21.4. The average molecular weight is 412 g/mol. The molecule has 0 aliphatic carbocycles. The monoisotopic (exact) mass is 412 g/mol.